The predicted octanol–water partition coefficient (Wildman–Crippen LogP) is 7.30. The average Bonchev–Trinajstić information content (AvgIpc) is 2.76. The van der Waals surface area contributed by atoms with Crippen molar-refractivity contribution in [1.29, 1.82) is 0 Å². The zero-order valence-corrected chi connectivity index (χ0v) is 20.8. The summed E-state index contributed by atoms with van der Waals surface area (Å²) in [6, 6.07) is 16.8. The van der Waals surface area contributed by atoms with Crippen molar-refractivity contribution >= 4 is 56.4 Å². The molecular formula is C24H23BrCl2N2O3. The summed E-state index contributed by atoms with van der Waals surface area (Å²) in [4.78, 5) is 11.1. The van der Waals surface area contributed by atoms with E-state index < -0.39 is 0 Å². The van der Waals surface area contributed by atoms with Gasteiger partial charge < -0.3 is 20.1 Å². The van der Waals surface area contributed by atoms with Crippen LogP contribution >= 0.6 is 39.1 Å². The van der Waals surface area contributed by atoms with Gasteiger partial charge in [0.25, 0.3) is 0 Å². The number of carbonyl (C=O) groups is 1. The lowest BCUT2D eigenvalue weighted by molar-refractivity contribution is -0.114. The van der Waals surface area contributed by atoms with E-state index in [1.54, 1.807) is 12.1 Å². The van der Waals surface area contributed by atoms with E-state index in [1.807, 2.05) is 49.4 Å². The number of nitrogens with one attached hydrogen (secondary N) is 2. The Morgan fingerprint density at radius 3 is 2.28 bits per heavy atom. The van der Waals surface area contributed by atoms with Crippen LogP contribution in [0.4, 0.5) is 11.4 Å². The lowest BCUT2D eigenvalue weighted by atomic mass is 10.2. The van der Waals surface area contributed by atoms with Gasteiger partial charge in [-0.05, 0) is 66.6 Å². The first-order valence-electron chi connectivity index (χ1n) is 9.99. The molecule has 2 N–H and O–H groups in total. The molecule has 0 unspecified atom stereocenters. The van der Waals surface area contributed by atoms with Crippen LogP contribution in [-0.2, 0) is 17.9 Å². The summed E-state index contributed by atoms with van der Waals surface area (Å²) in [6.07, 6.45) is 0. The van der Waals surface area contributed by atoms with Gasteiger partial charge in [-0.1, -0.05) is 45.2 Å². The number of benzene rings is 3. The van der Waals surface area contributed by atoms with Crippen molar-refractivity contribution in [2.24, 2.45) is 0 Å². The molecule has 0 spiro atoms. The number of anilines is 2. The van der Waals surface area contributed by atoms with E-state index >= 15 is 0 Å². The highest BCUT2D eigenvalue weighted by Gasteiger charge is 2.12. The van der Waals surface area contributed by atoms with Gasteiger partial charge in [0.15, 0.2) is 11.5 Å². The minimum atomic E-state index is -0.0976. The molecule has 0 aliphatic heterocycles. The zero-order chi connectivity index (χ0) is 23.1. The standard InChI is InChI=1S/C24H23BrCl2N2O3/c1-3-31-23-11-17(13-28-18-5-7-19(8-6-18)29-15(2)30)20(25)12-24(23)32-14-16-4-9-21(26)22(27)10-16/h4-12,28H,3,13-14H2,1-2H3,(H,29,30). The second-order valence-corrected chi connectivity index (χ2v) is 8.64. The van der Waals surface area contributed by atoms with Gasteiger partial charge in [-0.15, -0.1) is 0 Å². The van der Waals surface area contributed by atoms with Crippen molar-refractivity contribution in [1.82, 2.24) is 0 Å². The van der Waals surface area contributed by atoms with Gasteiger partial charge in [0.2, 0.25) is 5.91 Å². The molecule has 0 saturated carbocycles. The molecule has 32 heavy (non-hydrogen) atoms. The summed E-state index contributed by atoms with van der Waals surface area (Å²) in [5, 5.41) is 7.13. The molecule has 3 aromatic carbocycles. The summed E-state index contributed by atoms with van der Waals surface area (Å²) in [5.41, 5.74) is 3.61. The van der Waals surface area contributed by atoms with E-state index in [-0.39, 0.29) is 5.91 Å². The Hall–Kier alpha value is -2.41. The SMILES string of the molecule is CCOc1cc(CNc2ccc(NC(C)=O)cc2)c(Br)cc1OCc1ccc(Cl)c(Cl)c1. The second-order valence-electron chi connectivity index (χ2n) is 6.97. The molecule has 0 aliphatic rings. The molecule has 3 aromatic rings. The summed E-state index contributed by atoms with van der Waals surface area (Å²) >= 11 is 15.7. The quantitative estimate of drug-likeness (QED) is 0.300. The highest BCUT2D eigenvalue weighted by Crippen LogP contribution is 2.35. The maximum atomic E-state index is 11.1. The third-order valence-corrected chi connectivity index (χ3v) is 5.96. The monoisotopic (exact) mass is 536 g/mol. The van der Waals surface area contributed by atoms with E-state index in [4.69, 9.17) is 32.7 Å². The topological polar surface area (TPSA) is 59.6 Å². The van der Waals surface area contributed by atoms with E-state index in [9.17, 15) is 4.79 Å². The third kappa shape index (κ3) is 6.79. The third-order valence-electron chi connectivity index (χ3n) is 4.48. The molecule has 168 valence electrons. The summed E-state index contributed by atoms with van der Waals surface area (Å²) in [7, 11) is 0. The lowest BCUT2D eigenvalue weighted by Crippen LogP contribution is -2.06. The van der Waals surface area contributed by atoms with Crippen LogP contribution in [0.5, 0.6) is 11.5 Å². The van der Waals surface area contributed by atoms with Crippen molar-refractivity contribution in [3.05, 3.63) is 80.2 Å². The Balaban J connectivity index is 1.70. The number of hydrogen-bond donors (Lipinski definition) is 2. The number of hydrogen-bond acceptors (Lipinski definition) is 4. The van der Waals surface area contributed by atoms with E-state index in [0.29, 0.717) is 41.3 Å². The maximum absolute atomic E-state index is 11.1. The largest absolute Gasteiger partial charge is 0.490 e. The summed E-state index contributed by atoms with van der Waals surface area (Å²) < 4.78 is 12.7. The molecule has 3 rings (SSSR count). The summed E-state index contributed by atoms with van der Waals surface area (Å²) in [5.74, 6) is 1.20. The van der Waals surface area contributed by atoms with Crippen LogP contribution in [0.15, 0.2) is 59.1 Å². The number of amides is 1. The Morgan fingerprint density at radius 1 is 0.938 bits per heavy atom. The van der Waals surface area contributed by atoms with Crippen molar-refractivity contribution in [3.63, 3.8) is 0 Å². The van der Waals surface area contributed by atoms with E-state index in [2.05, 4.69) is 26.6 Å². The van der Waals surface area contributed by atoms with Crippen LogP contribution in [-0.4, -0.2) is 12.5 Å². The van der Waals surface area contributed by atoms with Crippen LogP contribution in [0.25, 0.3) is 0 Å². The van der Waals surface area contributed by atoms with Crippen molar-refractivity contribution < 1.29 is 14.3 Å². The van der Waals surface area contributed by atoms with Gasteiger partial charge >= 0.3 is 0 Å². The van der Waals surface area contributed by atoms with Gasteiger partial charge in [-0.3, -0.25) is 4.79 Å². The summed E-state index contributed by atoms with van der Waals surface area (Å²) in [6.45, 7) is 4.84. The Bertz CT molecular complexity index is 1090. The van der Waals surface area contributed by atoms with E-state index in [0.717, 1.165) is 27.0 Å². The fraction of sp³-hybridized carbons (Fsp3) is 0.208. The molecule has 5 nitrogen and oxygen atoms in total. The molecule has 0 radical (unpaired) electrons. The first kappa shape index (κ1) is 24.2. The zero-order valence-electron chi connectivity index (χ0n) is 17.7. The number of ether oxygens (including phenoxy) is 2. The van der Waals surface area contributed by atoms with Gasteiger partial charge in [0.1, 0.15) is 6.61 Å². The highest BCUT2D eigenvalue weighted by molar-refractivity contribution is 9.10. The van der Waals surface area contributed by atoms with Crippen molar-refractivity contribution in [2.45, 2.75) is 27.0 Å². The first-order valence-corrected chi connectivity index (χ1v) is 11.5. The van der Waals surface area contributed by atoms with Gasteiger partial charge in [-0.25, -0.2) is 0 Å². The molecule has 0 aliphatic carbocycles. The Kier molecular flexibility index (Phi) is 8.67. The van der Waals surface area contributed by atoms with Crippen LogP contribution < -0.4 is 20.1 Å². The predicted molar refractivity (Wildman–Crippen MR) is 134 cm³/mol. The number of halogens is 3. The van der Waals surface area contributed by atoms with Gasteiger partial charge in [-0.2, -0.15) is 0 Å². The molecular weight excluding hydrogens is 515 g/mol. The second kappa shape index (κ2) is 11.5. The molecule has 0 saturated heterocycles. The number of rotatable bonds is 9. The lowest BCUT2D eigenvalue weighted by Gasteiger charge is -2.16. The smallest absolute Gasteiger partial charge is 0.221 e. The Labute approximate surface area is 206 Å². The van der Waals surface area contributed by atoms with Gasteiger partial charge in [0, 0.05) is 29.3 Å². The van der Waals surface area contributed by atoms with E-state index in [1.165, 1.54) is 6.92 Å². The van der Waals surface area contributed by atoms with Crippen LogP contribution in [0.2, 0.25) is 10.0 Å². The Morgan fingerprint density at radius 2 is 1.62 bits per heavy atom. The normalized spacial score (nSPS) is 10.5. The molecule has 1 amide bonds. The van der Waals surface area contributed by atoms with Gasteiger partial charge in [0.05, 0.1) is 16.7 Å². The minimum Gasteiger partial charge on any atom is -0.490 e. The molecule has 0 bridgehead atoms. The molecule has 0 heterocycles. The maximum Gasteiger partial charge on any atom is 0.221 e. The van der Waals surface area contributed by atoms with Crippen LogP contribution in [0.3, 0.4) is 0 Å². The van der Waals surface area contributed by atoms with Crippen LogP contribution in [0, 0.1) is 0 Å². The minimum absolute atomic E-state index is 0.0976. The number of carbonyl (C=O) groups excluding carboxylic acids is 1. The molecule has 8 heteroatoms. The fourth-order valence-electron chi connectivity index (χ4n) is 2.96. The van der Waals surface area contributed by atoms with Crippen molar-refractivity contribution in [3.8, 4) is 11.5 Å². The molecule has 0 atom stereocenters. The highest BCUT2D eigenvalue weighted by atomic mass is 79.9. The first-order chi connectivity index (χ1) is 15.4. The average molecular weight is 538 g/mol. The van der Waals surface area contributed by atoms with Crippen LogP contribution in [0.1, 0.15) is 25.0 Å². The fourth-order valence-corrected chi connectivity index (χ4v) is 3.74. The molecule has 0 aromatic heterocycles. The van der Waals surface area contributed by atoms with Crippen molar-refractivity contribution in [2.75, 3.05) is 17.2 Å². The molecule has 0 fully saturated rings.